The monoisotopic (exact) mass is 748 g/mol. The average Bonchev–Trinajstić information content (AvgIpc) is 3.29. The van der Waals surface area contributed by atoms with Crippen LogP contribution in [0.25, 0.3) is 90.6 Å². The zero-order valence-electron chi connectivity index (χ0n) is 31.9. The van der Waals surface area contributed by atoms with Gasteiger partial charge in [-0.2, -0.15) is 0 Å². The maximum atomic E-state index is 6.81. The summed E-state index contributed by atoms with van der Waals surface area (Å²) in [5, 5.41) is 0. The molecule has 0 N–H and O–H groups in total. The van der Waals surface area contributed by atoms with E-state index in [4.69, 9.17) is 34.6 Å². The van der Waals surface area contributed by atoms with Crippen molar-refractivity contribution in [1.82, 2.24) is 29.9 Å². The van der Waals surface area contributed by atoms with Crippen molar-refractivity contribution in [3.63, 3.8) is 0 Å². The first-order valence-corrected chi connectivity index (χ1v) is 19.3. The molecule has 1 aliphatic heterocycles. The van der Waals surface area contributed by atoms with Gasteiger partial charge in [-0.15, -0.1) is 0 Å². The number of aromatic nitrogens is 6. The van der Waals surface area contributed by atoms with Gasteiger partial charge in [0.25, 0.3) is 0 Å². The smallest absolute Gasteiger partial charge is 0.164 e. The number of rotatable bonds is 7. The molecule has 276 valence electrons. The second-order valence-corrected chi connectivity index (χ2v) is 14.7. The number of benzene rings is 7. The van der Waals surface area contributed by atoms with Crippen LogP contribution in [0.5, 0.6) is 5.75 Å². The predicted octanol–water partition coefficient (Wildman–Crippen LogP) is 12.0. The van der Waals surface area contributed by atoms with Gasteiger partial charge < -0.3 is 4.74 Å². The first kappa shape index (κ1) is 34.8. The molecule has 2 aromatic heterocycles. The normalized spacial score (nSPS) is 12.6. The first-order chi connectivity index (χ1) is 28.4. The third kappa shape index (κ3) is 6.69. The van der Waals surface area contributed by atoms with E-state index in [9.17, 15) is 0 Å². The molecule has 0 aliphatic carbocycles. The summed E-state index contributed by atoms with van der Waals surface area (Å²) in [7, 11) is 0. The number of ether oxygens (including phenoxy) is 1. The molecule has 10 rings (SSSR count). The van der Waals surface area contributed by atoms with Crippen LogP contribution in [0, 0.1) is 0 Å². The zero-order chi connectivity index (χ0) is 39.1. The minimum atomic E-state index is -0.621. The van der Waals surface area contributed by atoms with Gasteiger partial charge in [0, 0.05) is 44.5 Å². The van der Waals surface area contributed by atoms with E-state index >= 15 is 0 Å². The molecule has 58 heavy (non-hydrogen) atoms. The van der Waals surface area contributed by atoms with Crippen LogP contribution >= 0.6 is 0 Å². The largest absolute Gasteiger partial charge is 0.482 e. The quantitative estimate of drug-likeness (QED) is 0.160. The molecule has 0 bridgehead atoms. The van der Waals surface area contributed by atoms with Gasteiger partial charge in [-0.05, 0) is 42.7 Å². The van der Waals surface area contributed by atoms with Crippen molar-refractivity contribution in [1.29, 1.82) is 0 Å². The highest BCUT2D eigenvalue weighted by molar-refractivity contribution is 5.83. The molecule has 0 saturated carbocycles. The van der Waals surface area contributed by atoms with Crippen LogP contribution in [0.1, 0.15) is 19.4 Å². The number of nitrogens with zero attached hydrogens (tertiary/aromatic N) is 6. The first-order valence-electron chi connectivity index (χ1n) is 19.3. The third-order valence-electron chi connectivity index (χ3n) is 10.4. The lowest BCUT2D eigenvalue weighted by atomic mass is 9.84. The van der Waals surface area contributed by atoms with Gasteiger partial charge in [0.15, 0.2) is 34.9 Å². The zero-order valence-corrected chi connectivity index (χ0v) is 31.9. The Labute approximate surface area is 336 Å². The van der Waals surface area contributed by atoms with Crippen molar-refractivity contribution in [3.05, 3.63) is 188 Å². The molecule has 0 unspecified atom stereocenters. The number of hydrogen-bond acceptors (Lipinski definition) is 7. The summed E-state index contributed by atoms with van der Waals surface area (Å²) in [5.74, 6) is 4.60. The summed E-state index contributed by atoms with van der Waals surface area (Å²) >= 11 is 0. The Bertz CT molecular complexity index is 2800. The van der Waals surface area contributed by atoms with Crippen LogP contribution in [0.15, 0.2) is 182 Å². The fourth-order valence-electron chi connectivity index (χ4n) is 7.44. The molecule has 0 radical (unpaired) electrons. The molecular weight excluding hydrogens is 713 g/mol. The van der Waals surface area contributed by atoms with Crippen molar-refractivity contribution < 1.29 is 4.74 Å². The average molecular weight is 749 g/mol. The summed E-state index contributed by atoms with van der Waals surface area (Å²) in [5.41, 5.74) is 10.3. The number of fused-ring (bicyclic) bond motifs is 3. The third-order valence-corrected chi connectivity index (χ3v) is 10.4. The van der Waals surface area contributed by atoms with Crippen LogP contribution in [-0.4, -0.2) is 29.9 Å². The van der Waals surface area contributed by atoms with Crippen LogP contribution < -0.4 is 4.74 Å². The SMILES string of the molecule is CC1(C)Oc2cc(-c3ccc(-c4nc(-c5ccccc5)nc(-c5ccccc5)n4)cc3)ccc2-c2ccc(-c3nc(-c4ccccc4)nc(-c4ccccc4)n3)cc21. The van der Waals surface area contributed by atoms with E-state index < -0.39 is 5.60 Å². The summed E-state index contributed by atoms with van der Waals surface area (Å²) in [6.07, 6.45) is 0. The van der Waals surface area contributed by atoms with Crippen molar-refractivity contribution in [2.45, 2.75) is 19.4 Å². The Morgan fingerprint density at radius 3 is 1.07 bits per heavy atom. The molecule has 7 nitrogen and oxygen atoms in total. The highest BCUT2D eigenvalue weighted by Gasteiger charge is 2.33. The van der Waals surface area contributed by atoms with Crippen LogP contribution in [0.3, 0.4) is 0 Å². The number of hydrogen-bond donors (Lipinski definition) is 0. The lowest BCUT2D eigenvalue weighted by molar-refractivity contribution is 0.106. The van der Waals surface area contributed by atoms with E-state index in [0.29, 0.717) is 34.9 Å². The predicted molar refractivity (Wildman–Crippen MR) is 230 cm³/mol. The minimum Gasteiger partial charge on any atom is -0.482 e. The van der Waals surface area contributed by atoms with Gasteiger partial charge >= 0.3 is 0 Å². The van der Waals surface area contributed by atoms with E-state index in [-0.39, 0.29) is 0 Å². The molecule has 0 amide bonds. The molecule has 0 atom stereocenters. The van der Waals surface area contributed by atoms with Gasteiger partial charge in [-0.3, -0.25) is 0 Å². The van der Waals surface area contributed by atoms with Gasteiger partial charge in [-0.1, -0.05) is 170 Å². The highest BCUT2D eigenvalue weighted by atomic mass is 16.5. The summed E-state index contributed by atoms with van der Waals surface area (Å²) in [6, 6.07) is 61.4. The minimum absolute atomic E-state index is 0.612. The summed E-state index contributed by atoms with van der Waals surface area (Å²) in [6.45, 7) is 4.22. The van der Waals surface area contributed by atoms with Crippen molar-refractivity contribution >= 4 is 0 Å². The fourth-order valence-corrected chi connectivity index (χ4v) is 7.44. The van der Waals surface area contributed by atoms with Gasteiger partial charge in [0.05, 0.1) is 0 Å². The molecule has 0 spiro atoms. The standard InChI is InChI=1S/C51H36N6O/c1-51(2)43-31-40(50-56-47(36-19-11-5-12-20-36)53-48(57-50)37-21-13-6-14-22-37)28-29-41(43)42-30-27-39(32-44(42)58-51)33-23-25-38(26-24-33)49-54-45(34-15-7-3-8-16-34)52-46(55-49)35-17-9-4-10-18-35/h3-32H,1-2H3. The van der Waals surface area contributed by atoms with E-state index in [1.54, 1.807) is 0 Å². The van der Waals surface area contributed by atoms with Gasteiger partial charge in [-0.25, -0.2) is 29.9 Å². The second-order valence-electron chi connectivity index (χ2n) is 14.7. The Hall–Kier alpha value is -7.64. The van der Waals surface area contributed by atoms with E-state index in [1.165, 1.54) is 0 Å². The summed E-state index contributed by atoms with van der Waals surface area (Å²) < 4.78 is 6.81. The van der Waals surface area contributed by atoms with Gasteiger partial charge in [0.1, 0.15) is 11.4 Å². The second kappa shape index (κ2) is 14.5. The van der Waals surface area contributed by atoms with Crippen LogP contribution in [0.2, 0.25) is 0 Å². The molecule has 9 aromatic rings. The van der Waals surface area contributed by atoms with Crippen molar-refractivity contribution in [2.24, 2.45) is 0 Å². The molecule has 0 fully saturated rings. The van der Waals surface area contributed by atoms with Crippen molar-refractivity contribution in [3.8, 4) is 96.3 Å². The molecular formula is C51H36N6O. The van der Waals surface area contributed by atoms with Crippen LogP contribution in [0.4, 0.5) is 0 Å². The molecule has 0 saturated heterocycles. The Balaban J connectivity index is 0.982. The van der Waals surface area contributed by atoms with E-state index in [2.05, 4.69) is 74.5 Å². The van der Waals surface area contributed by atoms with E-state index in [0.717, 1.165) is 66.9 Å². The molecule has 1 aliphatic rings. The van der Waals surface area contributed by atoms with Crippen LogP contribution in [-0.2, 0) is 5.60 Å². The Kier molecular flexibility index (Phi) is 8.68. The maximum Gasteiger partial charge on any atom is 0.164 e. The lowest BCUT2D eigenvalue weighted by Crippen LogP contribution is -2.29. The molecule has 7 aromatic carbocycles. The lowest BCUT2D eigenvalue weighted by Gasteiger charge is -2.35. The highest BCUT2D eigenvalue weighted by Crippen LogP contribution is 2.47. The molecule has 3 heterocycles. The summed E-state index contributed by atoms with van der Waals surface area (Å²) in [4.78, 5) is 29.5. The van der Waals surface area contributed by atoms with Crippen molar-refractivity contribution in [2.75, 3.05) is 0 Å². The van der Waals surface area contributed by atoms with Gasteiger partial charge in [0.2, 0.25) is 0 Å². The fraction of sp³-hybridized carbons (Fsp3) is 0.0588. The van der Waals surface area contributed by atoms with E-state index in [1.807, 2.05) is 121 Å². The maximum absolute atomic E-state index is 6.81. The molecule has 7 heteroatoms. The Morgan fingerprint density at radius 2 is 0.638 bits per heavy atom. The Morgan fingerprint density at radius 1 is 0.310 bits per heavy atom. The topological polar surface area (TPSA) is 86.6 Å².